The van der Waals surface area contributed by atoms with Crippen LogP contribution in [-0.2, 0) is 16.0 Å². The Bertz CT molecular complexity index is 1040. The third-order valence-corrected chi connectivity index (χ3v) is 5.82. The summed E-state index contributed by atoms with van der Waals surface area (Å²) in [6, 6.07) is 9.86. The molecule has 2 heterocycles. The van der Waals surface area contributed by atoms with Crippen LogP contribution in [-0.4, -0.2) is 65.1 Å². The average molecular weight is 460 g/mol. The van der Waals surface area contributed by atoms with Crippen molar-refractivity contribution in [2.24, 2.45) is 0 Å². The fourth-order valence-corrected chi connectivity index (χ4v) is 4.44. The normalized spacial score (nSPS) is 13.2. The summed E-state index contributed by atoms with van der Waals surface area (Å²) in [5, 5.41) is 13.1. The van der Waals surface area contributed by atoms with E-state index in [-0.39, 0.29) is 17.8 Å². The molecule has 0 aliphatic heterocycles. The molecule has 0 fully saturated rings. The Kier molecular flexibility index (Phi) is 8.56. The molecule has 32 heavy (non-hydrogen) atoms. The summed E-state index contributed by atoms with van der Waals surface area (Å²) in [5.41, 5.74) is 1.45. The predicted octanol–water partition coefficient (Wildman–Crippen LogP) is 3.67. The van der Waals surface area contributed by atoms with E-state index < -0.39 is 6.10 Å². The predicted molar refractivity (Wildman–Crippen MR) is 129 cm³/mol. The highest BCUT2D eigenvalue weighted by Crippen LogP contribution is 2.30. The first-order chi connectivity index (χ1) is 15.3. The number of benzene rings is 1. The smallest absolute Gasteiger partial charge is 0.260 e. The fourth-order valence-electron chi connectivity index (χ4n) is 3.47. The largest absolute Gasteiger partial charge is 0.389 e. The molecule has 0 unspecified atom stereocenters. The van der Waals surface area contributed by atoms with E-state index >= 15 is 0 Å². The number of nitrogens with one attached hydrogen (secondary N) is 1. The molecule has 2 N–H and O–H groups in total. The van der Waals surface area contributed by atoms with Crippen molar-refractivity contribution in [1.29, 1.82) is 0 Å². The molecule has 1 aromatic carbocycles. The molecule has 3 aromatic rings. The van der Waals surface area contributed by atoms with Gasteiger partial charge in [0.2, 0.25) is 0 Å². The number of hydrogen-bond acceptors (Lipinski definition) is 7. The van der Waals surface area contributed by atoms with E-state index in [1.165, 1.54) is 11.3 Å². The van der Waals surface area contributed by atoms with Crippen LogP contribution in [0.1, 0.15) is 33.0 Å². The molecule has 0 aliphatic rings. The quantitative estimate of drug-likeness (QED) is 0.426. The highest BCUT2D eigenvalue weighted by Gasteiger charge is 2.19. The van der Waals surface area contributed by atoms with E-state index in [1.807, 2.05) is 56.5 Å². The molecule has 1 atom stereocenters. The number of nitrogens with zero attached hydrogens (tertiary/aromatic N) is 2. The molecule has 174 valence electrons. The van der Waals surface area contributed by atoms with Crippen LogP contribution in [0, 0.1) is 0 Å². The Balaban J connectivity index is 1.77. The van der Waals surface area contributed by atoms with Gasteiger partial charge in [-0.25, -0.2) is 4.98 Å². The van der Waals surface area contributed by atoms with Crippen LogP contribution in [0.3, 0.4) is 0 Å². The monoisotopic (exact) mass is 459 g/mol. The Labute approximate surface area is 193 Å². The third-order valence-electron chi connectivity index (χ3n) is 4.95. The summed E-state index contributed by atoms with van der Waals surface area (Å²) in [7, 11) is 1.67. The second-order valence-electron chi connectivity index (χ2n) is 8.87. The maximum atomic E-state index is 12.9. The molecule has 0 spiro atoms. The van der Waals surface area contributed by atoms with Crippen molar-refractivity contribution >= 4 is 21.6 Å². The highest BCUT2D eigenvalue weighted by atomic mass is 32.1. The van der Waals surface area contributed by atoms with Crippen molar-refractivity contribution in [3.8, 4) is 11.1 Å². The first-order valence-electron chi connectivity index (χ1n) is 10.9. The Hall–Kier alpha value is -2.10. The van der Waals surface area contributed by atoms with Gasteiger partial charge < -0.3 is 19.6 Å². The molecule has 0 bridgehead atoms. The molecule has 0 saturated carbocycles. The van der Waals surface area contributed by atoms with Gasteiger partial charge in [-0.1, -0.05) is 30.3 Å². The molecule has 2 aromatic heterocycles. The Morgan fingerprint density at radius 1 is 1.25 bits per heavy atom. The van der Waals surface area contributed by atoms with Crippen LogP contribution >= 0.6 is 11.3 Å². The van der Waals surface area contributed by atoms with Crippen molar-refractivity contribution in [3.05, 3.63) is 51.9 Å². The zero-order valence-electron chi connectivity index (χ0n) is 19.3. The van der Waals surface area contributed by atoms with Crippen molar-refractivity contribution < 1.29 is 14.6 Å². The second-order valence-corrected chi connectivity index (χ2v) is 9.72. The van der Waals surface area contributed by atoms with E-state index in [0.29, 0.717) is 37.5 Å². The lowest BCUT2D eigenvalue weighted by Crippen LogP contribution is -2.38. The van der Waals surface area contributed by atoms with Gasteiger partial charge in [-0.3, -0.25) is 9.69 Å². The molecule has 0 aliphatic carbocycles. The summed E-state index contributed by atoms with van der Waals surface area (Å²) in [6.07, 6.45) is 0.172. The van der Waals surface area contributed by atoms with Crippen LogP contribution in [0.2, 0.25) is 0 Å². The zero-order valence-corrected chi connectivity index (χ0v) is 20.1. The van der Waals surface area contributed by atoms with Crippen LogP contribution in [0.5, 0.6) is 0 Å². The summed E-state index contributed by atoms with van der Waals surface area (Å²) < 4.78 is 10.9. The van der Waals surface area contributed by atoms with E-state index in [1.54, 1.807) is 7.11 Å². The van der Waals surface area contributed by atoms with Crippen LogP contribution in [0.15, 0.2) is 40.5 Å². The van der Waals surface area contributed by atoms with Gasteiger partial charge in [0.1, 0.15) is 10.7 Å². The van der Waals surface area contributed by atoms with Crippen molar-refractivity contribution in [2.45, 2.75) is 45.4 Å². The molecule has 0 amide bonds. The summed E-state index contributed by atoms with van der Waals surface area (Å²) in [4.78, 5) is 23.4. The van der Waals surface area contributed by atoms with Crippen molar-refractivity contribution in [2.75, 3.05) is 33.4 Å². The van der Waals surface area contributed by atoms with Gasteiger partial charge in [0.15, 0.2) is 0 Å². The van der Waals surface area contributed by atoms with Crippen molar-refractivity contribution in [3.63, 3.8) is 0 Å². The number of methoxy groups -OCH3 is 1. The number of aromatic amines is 1. The van der Waals surface area contributed by atoms with Crippen molar-refractivity contribution in [1.82, 2.24) is 14.9 Å². The number of fused-ring (bicyclic) bond motifs is 1. The first-order valence-corrected chi connectivity index (χ1v) is 11.7. The lowest BCUT2D eigenvalue weighted by Gasteiger charge is -2.27. The lowest BCUT2D eigenvalue weighted by atomic mass is 10.1. The van der Waals surface area contributed by atoms with E-state index in [2.05, 4.69) is 9.88 Å². The van der Waals surface area contributed by atoms with E-state index in [4.69, 9.17) is 14.5 Å². The standard InChI is InChI=1S/C24H33N3O4S/c1-24(2,3)31-15-18(28)13-27(11-8-12-30-4)14-20-25-22(29)21-19(16-32-23(21)26-20)17-9-6-5-7-10-17/h5-7,9-10,16,18,28H,8,11-15H2,1-4H3,(H,25,26,29)/t18-/m1/s1. The van der Waals surface area contributed by atoms with Gasteiger partial charge in [0, 0.05) is 37.7 Å². The number of aromatic nitrogens is 2. The highest BCUT2D eigenvalue weighted by molar-refractivity contribution is 7.17. The van der Waals surface area contributed by atoms with E-state index in [0.717, 1.165) is 22.4 Å². The molecule has 3 rings (SSSR count). The maximum Gasteiger partial charge on any atom is 0.260 e. The van der Waals surface area contributed by atoms with Gasteiger partial charge in [0.25, 0.3) is 5.56 Å². The van der Waals surface area contributed by atoms with Crippen LogP contribution in [0.25, 0.3) is 21.3 Å². The molecule has 7 nitrogen and oxygen atoms in total. The summed E-state index contributed by atoms with van der Waals surface area (Å²) in [6.45, 7) is 8.32. The van der Waals surface area contributed by atoms with Gasteiger partial charge in [-0.05, 0) is 32.8 Å². The number of H-pyrrole nitrogens is 1. The van der Waals surface area contributed by atoms with Gasteiger partial charge >= 0.3 is 0 Å². The minimum Gasteiger partial charge on any atom is -0.389 e. The fraction of sp³-hybridized carbons (Fsp3) is 0.500. The summed E-state index contributed by atoms with van der Waals surface area (Å²) in [5.74, 6) is 0.588. The topological polar surface area (TPSA) is 87.7 Å². The third kappa shape index (κ3) is 6.95. The van der Waals surface area contributed by atoms with Gasteiger partial charge in [-0.15, -0.1) is 11.3 Å². The average Bonchev–Trinajstić information content (AvgIpc) is 3.17. The van der Waals surface area contributed by atoms with Crippen LogP contribution < -0.4 is 5.56 Å². The van der Waals surface area contributed by atoms with Gasteiger partial charge in [0.05, 0.1) is 30.2 Å². The molecule has 0 radical (unpaired) electrons. The zero-order chi connectivity index (χ0) is 23.1. The molecule has 8 heteroatoms. The number of hydrogen-bond donors (Lipinski definition) is 2. The minimum absolute atomic E-state index is 0.140. The number of thiophene rings is 1. The number of ether oxygens (including phenoxy) is 2. The molecule has 0 saturated heterocycles. The maximum absolute atomic E-state index is 12.9. The van der Waals surface area contributed by atoms with Crippen LogP contribution in [0.4, 0.5) is 0 Å². The minimum atomic E-state index is -0.640. The summed E-state index contributed by atoms with van der Waals surface area (Å²) >= 11 is 1.47. The van der Waals surface area contributed by atoms with E-state index in [9.17, 15) is 9.90 Å². The second kappa shape index (κ2) is 11.2. The molecular weight excluding hydrogens is 426 g/mol. The molecular formula is C24H33N3O4S. The van der Waals surface area contributed by atoms with Gasteiger partial charge in [-0.2, -0.15) is 0 Å². The Morgan fingerprint density at radius 3 is 2.69 bits per heavy atom. The lowest BCUT2D eigenvalue weighted by molar-refractivity contribution is -0.0571. The number of aliphatic hydroxyl groups is 1. The first kappa shape index (κ1) is 24.5. The Morgan fingerprint density at radius 2 is 2.00 bits per heavy atom. The SMILES string of the molecule is COCCCN(Cc1nc2scc(-c3ccccc3)c2c(=O)[nH]1)C[C@@H](O)COC(C)(C)C. The number of rotatable bonds is 11. The number of aliphatic hydroxyl groups excluding tert-OH is 1.